The average Bonchev–Trinajstić information content (AvgIpc) is 2.93. The van der Waals surface area contributed by atoms with Crippen LogP contribution in [0.15, 0.2) is 66.7 Å². The van der Waals surface area contributed by atoms with E-state index in [0.717, 1.165) is 11.3 Å². The lowest BCUT2D eigenvalue weighted by Gasteiger charge is -2.25. The van der Waals surface area contributed by atoms with Crippen molar-refractivity contribution in [3.63, 3.8) is 0 Å². The summed E-state index contributed by atoms with van der Waals surface area (Å²) in [4.78, 5) is 11.4. The standard InChI is InChI=1S/C18H17NO2/c1-13-7-9-14(10-8-13)18(16-11-12-17(20)21-16)19-15-5-3-2-4-6-15/h2-12,16,18-19H,1H3. The topological polar surface area (TPSA) is 38.3 Å². The Bertz CT molecular complexity index is 647. The van der Waals surface area contributed by atoms with Crippen molar-refractivity contribution in [2.45, 2.75) is 19.1 Å². The van der Waals surface area contributed by atoms with Crippen molar-refractivity contribution < 1.29 is 9.53 Å². The summed E-state index contributed by atoms with van der Waals surface area (Å²) in [5.74, 6) is -0.285. The van der Waals surface area contributed by atoms with Crippen LogP contribution in [0.3, 0.4) is 0 Å². The van der Waals surface area contributed by atoms with Crippen molar-refractivity contribution in [2.75, 3.05) is 5.32 Å². The Hall–Kier alpha value is -2.55. The summed E-state index contributed by atoms with van der Waals surface area (Å²) in [6.45, 7) is 2.05. The molecule has 0 aromatic heterocycles. The second-order valence-corrected chi connectivity index (χ2v) is 5.16. The first-order chi connectivity index (χ1) is 10.2. The summed E-state index contributed by atoms with van der Waals surface area (Å²) in [6, 6.07) is 18.1. The average molecular weight is 279 g/mol. The zero-order valence-electron chi connectivity index (χ0n) is 11.8. The van der Waals surface area contributed by atoms with Gasteiger partial charge in [-0.25, -0.2) is 4.79 Å². The molecule has 2 aromatic carbocycles. The molecule has 1 aliphatic rings. The van der Waals surface area contributed by atoms with E-state index in [4.69, 9.17) is 4.74 Å². The molecule has 106 valence electrons. The van der Waals surface area contributed by atoms with Gasteiger partial charge in [-0.15, -0.1) is 0 Å². The number of rotatable bonds is 4. The molecule has 0 aliphatic carbocycles. The van der Waals surface area contributed by atoms with Crippen LogP contribution in [0.4, 0.5) is 5.69 Å². The predicted molar refractivity (Wildman–Crippen MR) is 83.0 cm³/mol. The van der Waals surface area contributed by atoms with Gasteiger partial charge in [0.2, 0.25) is 0 Å². The first-order valence-corrected chi connectivity index (χ1v) is 6.99. The fraction of sp³-hybridized carbons (Fsp3) is 0.167. The maximum absolute atomic E-state index is 11.4. The number of nitrogens with one attached hydrogen (secondary N) is 1. The van der Waals surface area contributed by atoms with Gasteiger partial charge in [0.25, 0.3) is 0 Å². The van der Waals surface area contributed by atoms with Crippen LogP contribution in [0.2, 0.25) is 0 Å². The quantitative estimate of drug-likeness (QED) is 0.869. The molecule has 1 N–H and O–H groups in total. The number of cyclic esters (lactones) is 1. The highest BCUT2D eigenvalue weighted by Gasteiger charge is 2.27. The lowest BCUT2D eigenvalue weighted by molar-refractivity contribution is -0.139. The van der Waals surface area contributed by atoms with Gasteiger partial charge in [-0.05, 0) is 30.7 Å². The van der Waals surface area contributed by atoms with Gasteiger partial charge < -0.3 is 10.1 Å². The second-order valence-electron chi connectivity index (χ2n) is 5.16. The molecule has 3 heteroatoms. The van der Waals surface area contributed by atoms with Crippen molar-refractivity contribution in [2.24, 2.45) is 0 Å². The summed E-state index contributed by atoms with van der Waals surface area (Å²) in [6.07, 6.45) is 3.00. The molecule has 21 heavy (non-hydrogen) atoms. The van der Waals surface area contributed by atoms with E-state index in [1.54, 1.807) is 0 Å². The number of anilines is 1. The van der Waals surface area contributed by atoms with Gasteiger partial charge in [-0.2, -0.15) is 0 Å². The smallest absolute Gasteiger partial charge is 0.331 e. The van der Waals surface area contributed by atoms with Crippen LogP contribution in [-0.4, -0.2) is 12.1 Å². The van der Waals surface area contributed by atoms with Crippen molar-refractivity contribution in [1.29, 1.82) is 0 Å². The zero-order valence-corrected chi connectivity index (χ0v) is 11.8. The van der Waals surface area contributed by atoms with Crippen molar-refractivity contribution in [3.8, 4) is 0 Å². The maximum Gasteiger partial charge on any atom is 0.331 e. The van der Waals surface area contributed by atoms with E-state index in [1.807, 2.05) is 36.4 Å². The minimum Gasteiger partial charge on any atom is -0.452 e. The molecular weight excluding hydrogens is 262 g/mol. The highest BCUT2D eigenvalue weighted by atomic mass is 16.5. The summed E-state index contributed by atoms with van der Waals surface area (Å²) < 4.78 is 5.37. The van der Waals surface area contributed by atoms with E-state index < -0.39 is 0 Å². The van der Waals surface area contributed by atoms with Crippen LogP contribution in [0, 0.1) is 6.92 Å². The van der Waals surface area contributed by atoms with Crippen molar-refractivity contribution in [3.05, 3.63) is 77.9 Å². The van der Waals surface area contributed by atoms with Crippen LogP contribution >= 0.6 is 0 Å². The second kappa shape index (κ2) is 5.83. The summed E-state index contributed by atoms with van der Waals surface area (Å²) >= 11 is 0. The van der Waals surface area contributed by atoms with E-state index in [1.165, 1.54) is 11.6 Å². The number of aryl methyl sites for hydroxylation is 1. The van der Waals surface area contributed by atoms with E-state index in [-0.39, 0.29) is 18.1 Å². The molecule has 0 spiro atoms. The van der Waals surface area contributed by atoms with Gasteiger partial charge in [0.1, 0.15) is 6.10 Å². The van der Waals surface area contributed by atoms with E-state index in [9.17, 15) is 4.79 Å². The first-order valence-electron chi connectivity index (χ1n) is 6.99. The molecular formula is C18H17NO2. The number of carbonyl (C=O) groups is 1. The van der Waals surface area contributed by atoms with Gasteiger partial charge in [0, 0.05) is 11.8 Å². The molecule has 0 amide bonds. The lowest BCUT2D eigenvalue weighted by atomic mass is 10.00. The molecule has 0 fully saturated rings. The molecule has 3 rings (SSSR count). The van der Waals surface area contributed by atoms with Crippen molar-refractivity contribution >= 4 is 11.7 Å². The number of benzene rings is 2. The largest absolute Gasteiger partial charge is 0.452 e. The van der Waals surface area contributed by atoms with Gasteiger partial charge in [-0.3, -0.25) is 0 Å². The predicted octanol–water partition coefficient (Wildman–Crippen LogP) is 3.63. The molecule has 2 atom stereocenters. The number of ether oxygens (including phenoxy) is 1. The molecule has 0 saturated carbocycles. The number of para-hydroxylation sites is 1. The fourth-order valence-corrected chi connectivity index (χ4v) is 2.41. The minimum atomic E-state index is -0.291. The third kappa shape index (κ3) is 3.14. The van der Waals surface area contributed by atoms with Crippen LogP contribution < -0.4 is 5.32 Å². The normalized spacial score (nSPS) is 18.3. The molecule has 1 heterocycles. The Kier molecular flexibility index (Phi) is 3.73. The Labute approximate surface area is 124 Å². The first kappa shape index (κ1) is 13.4. The number of carbonyl (C=O) groups excluding carboxylic acids is 1. The zero-order chi connectivity index (χ0) is 14.7. The third-order valence-corrected chi connectivity index (χ3v) is 3.54. The summed E-state index contributed by atoms with van der Waals surface area (Å²) in [5.41, 5.74) is 3.30. The Morgan fingerprint density at radius 3 is 2.38 bits per heavy atom. The monoisotopic (exact) mass is 279 g/mol. The van der Waals surface area contributed by atoms with E-state index in [2.05, 4.69) is 36.5 Å². The Balaban J connectivity index is 1.89. The Morgan fingerprint density at radius 1 is 1.05 bits per heavy atom. The van der Waals surface area contributed by atoms with Crippen LogP contribution in [0.5, 0.6) is 0 Å². The molecule has 0 saturated heterocycles. The maximum atomic E-state index is 11.4. The molecule has 2 aromatic rings. The van der Waals surface area contributed by atoms with Gasteiger partial charge >= 0.3 is 5.97 Å². The van der Waals surface area contributed by atoms with E-state index in [0.29, 0.717) is 0 Å². The minimum absolute atomic E-state index is 0.101. The van der Waals surface area contributed by atoms with Gasteiger partial charge in [0.15, 0.2) is 0 Å². The molecule has 0 bridgehead atoms. The molecule has 3 nitrogen and oxygen atoms in total. The summed E-state index contributed by atoms with van der Waals surface area (Å²) in [7, 11) is 0. The lowest BCUT2D eigenvalue weighted by Crippen LogP contribution is -2.25. The highest BCUT2D eigenvalue weighted by molar-refractivity contribution is 5.84. The van der Waals surface area contributed by atoms with Crippen molar-refractivity contribution in [1.82, 2.24) is 0 Å². The number of esters is 1. The molecule has 1 aliphatic heterocycles. The van der Waals surface area contributed by atoms with Gasteiger partial charge in [0.05, 0.1) is 6.04 Å². The fourth-order valence-electron chi connectivity index (χ4n) is 2.41. The number of hydrogen-bond acceptors (Lipinski definition) is 3. The summed E-state index contributed by atoms with van der Waals surface area (Å²) in [5, 5.41) is 3.45. The van der Waals surface area contributed by atoms with E-state index >= 15 is 0 Å². The molecule has 0 radical (unpaired) electrons. The van der Waals surface area contributed by atoms with Crippen LogP contribution in [0.25, 0.3) is 0 Å². The Morgan fingerprint density at radius 2 is 1.76 bits per heavy atom. The molecule has 2 unspecified atom stereocenters. The van der Waals surface area contributed by atoms with Crippen LogP contribution in [0.1, 0.15) is 17.2 Å². The van der Waals surface area contributed by atoms with Gasteiger partial charge in [-0.1, -0.05) is 48.0 Å². The number of hydrogen-bond donors (Lipinski definition) is 1. The third-order valence-electron chi connectivity index (χ3n) is 3.54. The van der Waals surface area contributed by atoms with Crippen LogP contribution in [-0.2, 0) is 9.53 Å². The highest BCUT2D eigenvalue weighted by Crippen LogP contribution is 2.28. The SMILES string of the molecule is Cc1ccc(C(Nc2ccccc2)C2C=CC(=O)O2)cc1.